The number of rotatable bonds is 2. The molecule has 9 heteroatoms. The van der Waals surface area contributed by atoms with Gasteiger partial charge in [0.15, 0.2) is 23.3 Å². The average Bonchev–Trinajstić information content (AvgIpc) is 2.84. The summed E-state index contributed by atoms with van der Waals surface area (Å²) < 4.78 is 70.4. The van der Waals surface area contributed by atoms with Gasteiger partial charge >= 0.3 is 0 Å². The highest BCUT2D eigenvalue weighted by molar-refractivity contribution is 5.55. The van der Waals surface area contributed by atoms with Crippen molar-refractivity contribution in [1.82, 2.24) is 10.2 Å². The minimum absolute atomic E-state index is 0.195. The molecule has 19 heavy (non-hydrogen) atoms. The molecule has 0 aliphatic rings. The van der Waals surface area contributed by atoms with Crippen LogP contribution in [-0.2, 0) is 0 Å². The van der Waals surface area contributed by atoms with Crippen molar-refractivity contribution in [3.05, 3.63) is 35.0 Å². The van der Waals surface area contributed by atoms with Crippen LogP contribution in [-0.4, -0.2) is 10.2 Å². The SMILES string of the molecule is CC(N)c1nnc(-c2c(F)c(F)c(F)c(F)c2F)o1. The zero-order valence-electron chi connectivity index (χ0n) is 9.35. The first-order chi connectivity index (χ1) is 8.84. The van der Waals surface area contributed by atoms with Gasteiger partial charge in [-0.3, -0.25) is 0 Å². The smallest absolute Gasteiger partial charge is 0.253 e. The Morgan fingerprint density at radius 3 is 1.79 bits per heavy atom. The lowest BCUT2D eigenvalue weighted by molar-refractivity contribution is 0.377. The fraction of sp³-hybridized carbons (Fsp3) is 0.200. The Balaban J connectivity index is 2.68. The van der Waals surface area contributed by atoms with Crippen LogP contribution >= 0.6 is 0 Å². The van der Waals surface area contributed by atoms with E-state index in [1.165, 1.54) is 6.92 Å². The molecule has 2 N–H and O–H groups in total. The third-order valence-electron chi connectivity index (χ3n) is 2.25. The van der Waals surface area contributed by atoms with Gasteiger partial charge in [-0.2, -0.15) is 0 Å². The van der Waals surface area contributed by atoms with Crippen molar-refractivity contribution < 1.29 is 26.4 Å². The first-order valence-electron chi connectivity index (χ1n) is 4.95. The molecule has 0 saturated heterocycles. The van der Waals surface area contributed by atoms with Gasteiger partial charge in [0.25, 0.3) is 5.89 Å². The van der Waals surface area contributed by atoms with Gasteiger partial charge in [-0.1, -0.05) is 0 Å². The average molecular weight is 279 g/mol. The Hall–Kier alpha value is -2.03. The van der Waals surface area contributed by atoms with Crippen molar-refractivity contribution in [3.8, 4) is 11.5 Å². The standard InChI is InChI=1S/C10H6F5N3O/c1-2(16)9-17-18-10(19-9)3-4(11)6(13)8(15)7(14)5(3)12/h2H,16H2,1H3. The van der Waals surface area contributed by atoms with E-state index in [9.17, 15) is 22.0 Å². The van der Waals surface area contributed by atoms with Gasteiger partial charge < -0.3 is 10.2 Å². The second kappa shape index (κ2) is 4.57. The first-order valence-corrected chi connectivity index (χ1v) is 4.95. The molecular weight excluding hydrogens is 273 g/mol. The summed E-state index contributed by atoms with van der Waals surface area (Å²) >= 11 is 0. The van der Waals surface area contributed by atoms with Gasteiger partial charge in [0.2, 0.25) is 11.7 Å². The van der Waals surface area contributed by atoms with Gasteiger partial charge in [0.05, 0.1) is 6.04 Å². The van der Waals surface area contributed by atoms with E-state index in [0.717, 1.165) is 0 Å². The summed E-state index contributed by atoms with van der Waals surface area (Å²) in [7, 11) is 0. The Morgan fingerprint density at radius 2 is 1.37 bits per heavy atom. The van der Waals surface area contributed by atoms with Gasteiger partial charge in [-0.15, -0.1) is 10.2 Å². The van der Waals surface area contributed by atoms with E-state index >= 15 is 0 Å². The topological polar surface area (TPSA) is 64.9 Å². The largest absolute Gasteiger partial charge is 0.419 e. The molecule has 2 rings (SSSR count). The van der Waals surface area contributed by atoms with E-state index in [4.69, 9.17) is 10.2 Å². The maximum absolute atomic E-state index is 13.4. The van der Waals surface area contributed by atoms with Crippen LogP contribution < -0.4 is 5.73 Å². The highest BCUT2D eigenvalue weighted by Gasteiger charge is 2.29. The first kappa shape index (κ1) is 13.4. The normalized spacial score (nSPS) is 12.8. The summed E-state index contributed by atoms with van der Waals surface area (Å²) in [5, 5.41) is 6.55. The summed E-state index contributed by atoms with van der Waals surface area (Å²) in [6, 6.07) is -0.748. The lowest BCUT2D eigenvalue weighted by Gasteiger charge is -2.04. The number of hydrogen-bond donors (Lipinski definition) is 1. The van der Waals surface area contributed by atoms with Crippen molar-refractivity contribution in [2.24, 2.45) is 5.73 Å². The third-order valence-corrected chi connectivity index (χ3v) is 2.25. The van der Waals surface area contributed by atoms with E-state index in [-0.39, 0.29) is 5.89 Å². The molecule has 0 bridgehead atoms. The predicted octanol–water partition coefficient (Wildman–Crippen LogP) is 2.45. The van der Waals surface area contributed by atoms with Gasteiger partial charge in [0.1, 0.15) is 5.56 Å². The van der Waals surface area contributed by atoms with E-state index in [1.54, 1.807) is 0 Å². The molecule has 0 aliphatic carbocycles. The fourth-order valence-electron chi connectivity index (χ4n) is 1.31. The van der Waals surface area contributed by atoms with Crippen LogP contribution in [0.4, 0.5) is 22.0 Å². The van der Waals surface area contributed by atoms with Crippen LogP contribution in [0.5, 0.6) is 0 Å². The number of halogens is 5. The predicted molar refractivity (Wildman–Crippen MR) is 52.1 cm³/mol. The zero-order valence-corrected chi connectivity index (χ0v) is 9.35. The summed E-state index contributed by atoms with van der Waals surface area (Å²) in [4.78, 5) is 0. The Labute approximate surface area is 103 Å². The number of nitrogens with zero attached hydrogens (tertiary/aromatic N) is 2. The summed E-state index contributed by atoms with van der Waals surface area (Å²) in [6.45, 7) is 1.44. The zero-order chi connectivity index (χ0) is 14.3. The number of benzene rings is 1. The van der Waals surface area contributed by atoms with Crippen molar-refractivity contribution in [2.75, 3.05) is 0 Å². The van der Waals surface area contributed by atoms with Crippen molar-refractivity contribution in [2.45, 2.75) is 13.0 Å². The monoisotopic (exact) mass is 279 g/mol. The van der Waals surface area contributed by atoms with E-state index in [1.807, 2.05) is 0 Å². The highest BCUT2D eigenvalue weighted by Crippen LogP contribution is 2.31. The second-order valence-electron chi connectivity index (χ2n) is 3.68. The van der Waals surface area contributed by atoms with Crippen LogP contribution in [0, 0.1) is 29.1 Å². The molecule has 2 aromatic rings. The Bertz CT molecular complexity index is 611. The molecule has 0 spiro atoms. The molecule has 102 valence electrons. The van der Waals surface area contributed by atoms with Crippen LogP contribution in [0.3, 0.4) is 0 Å². The molecular formula is C10H6F5N3O. The van der Waals surface area contributed by atoms with E-state index in [2.05, 4.69) is 10.2 Å². The quantitative estimate of drug-likeness (QED) is 0.521. The molecule has 1 unspecified atom stereocenters. The minimum atomic E-state index is -2.26. The molecule has 1 aromatic heterocycles. The number of aromatic nitrogens is 2. The molecule has 0 aliphatic heterocycles. The maximum atomic E-state index is 13.4. The van der Waals surface area contributed by atoms with Gasteiger partial charge in [-0.05, 0) is 6.92 Å². The maximum Gasteiger partial charge on any atom is 0.253 e. The van der Waals surface area contributed by atoms with Crippen LogP contribution in [0.15, 0.2) is 4.42 Å². The molecule has 0 saturated carbocycles. The van der Waals surface area contributed by atoms with E-state index in [0.29, 0.717) is 0 Å². The summed E-state index contributed by atoms with van der Waals surface area (Å²) in [6.07, 6.45) is 0. The van der Waals surface area contributed by atoms with Gasteiger partial charge in [-0.25, -0.2) is 22.0 Å². The lowest BCUT2D eigenvalue weighted by Crippen LogP contribution is -2.05. The Kier molecular flexibility index (Phi) is 3.23. The second-order valence-corrected chi connectivity index (χ2v) is 3.68. The molecule has 4 nitrogen and oxygen atoms in total. The van der Waals surface area contributed by atoms with Crippen LogP contribution in [0.25, 0.3) is 11.5 Å². The molecule has 0 amide bonds. The third kappa shape index (κ3) is 2.05. The molecule has 1 aromatic carbocycles. The lowest BCUT2D eigenvalue weighted by atomic mass is 10.1. The van der Waals surface area contributed by atoms with Crippen molar-refractivity contribution in [3.63, 3.8) is 0 Å². The van der Waals surface area contributed by atoms with Crippen LogP contribution in [0.1, 0.15) is 18.9 Å². The molecule has 0 radical (unpaired) electrons. The fourth-order valence-corrected chi connectivity index (χ4v) is 1.31. The van der Waals surface area contributed by atoms with Crippen molar-refractivity contribution in [1.29, 1.82) is 0 Å². The van der Waals surface area contributed by atoms with Crippen LogP contribution in [0.2, 0.25) is 0 Å². The minimum Gasteiger partial charge on any atom is -0.419 e. The van der Waals surface area contributed by atoms with E-state index < -0.39 is 46.6 Å². The summed E-state index contributed by atoms with van der Waals surface area (Å²) in [5.41, 5.74) is 4.09. The molecule has 1 heterocycles. The number of hydrogen-bond acceptors (Lipinski definition) is 4. The van der Waals surface area contributed by atoms with Gasteiger partial charge in [0, 0.05) is 0 Å². The Morgan fingerprint density at radius 1 is 0.895 bits per heavy atom. The van der Waals surface area contributed by atoms with Crippen molar-refractivity contribution >= 4 is 0 Å². The molecule has 1 atom stereocenters. The highest BCUT2D eigenvalue weighted by atomic mass is 19.2. The number of nitrogens with two attached hydrogens (primary N) is 1. The molecule has 0 fully saturated rings. The summed E-state index contributed by atoms with van der Waals surface area (Å²) in [5.74, 6) is -11.6.